The van der Waals surface area contributed by atoms with Crippen molar-refractivity contribution < 1.29 is 14.3 Å². The normalized spacial score (nSPS) is 10.2. The number of ether oxygens (including phenoxy) is 2. The molecule has 0 aliphatic heterocycles. The predicted molar refractivity (Wildman–Crippen MR) is 76.6 cm³/mol. The number of carbonyl (C=O) groups excluding carboxylic acids is 1. The number of pyridine rings is 1. The fraction of sp³-hybridized carbons (Fsp3) is 0.200. The minimum atomic E-state index is -0.0962. The molecular formula is C15H14ClNO3. The molecule has 4 nitrogen and oxygen atoms in total. The van der Waals surface area contributed by atoms with Crippen molar-refractivity contribution in [1.29, 1.82) is 0 Å². The molecule has 0 unspecified atom stereocenters. The fourth-order valence-corrected chi connectivity index (χ4v) is 1.88. The summed E-state index contributed by atoms with van der Waals surface area (Å²) in [7, 11) is 1.56. The van der Waals surface area contributed by atoms with E-state index >= 15 is 0 Å². The largest absolute Gasteiger partial charge is 0.487 e. The van der Waals surface area contributed by atoms with E-state index < -0.39 is 0 Å². The van der Waals surface area contributed by atoms with E-state index in [0.29, 0.717) is 27.9 Å². The summed E-state index contributed by atoms with van der Waals surface area (Å²) in [6.45, 7) is 1.72. The molecule has 2 rings (SSSR count). The topological polar surface area (TPSA) is 48.4 Å². The predicted octanol–water partition coefficient (Wildman–Crippen LogP) is 3.53. The number of aromatic nitrogens is 1. The lowest BCUT2D eigenvalue weighted by atomic mass is 10.1. The number of nitrogens with zero attached hydrogens (tertiary/aromatic N) is 1. The lowest BCUT2D eigenvalue weighted by molar-refractivity contribution is 0.101. The molecule has 1 aromatic carbocycles. The van der Waals surface area contributed by atoms with Crippen LogP contribution in [0.25, 0.3) is 0 Å². The lowest BCUT2D eigenvalue weighted by Gasteiger charge is -2.10. The minimum Gasteiger partial charge on any atom is -0.487 e. The molecule has 0 aliphatic carbocycles. The number of carbonyl (C=O) groups is 1. The van der Waals surface area contributed by atoms with E-state index in [1.54, 1.807) is 31.4 Å². The molecule has 0 N–H and O–H groups in total. The molecule has 0 fully saturated rings. The van der Waals surface area contributed by atoms with E-state index in [9.17, 15) is 4.79 Å². The Bertz CT molecular complexity index is 628. The van der Waals surface area contributed by atoms with Gasteiger partial charge in [-0.25, -0.2) is 4.98 Å². The van der Waals surface area contributed by atoms with Gasteiger partial charge >= 0.3 is 0 Å². The monoisotopic (exact) mass is 291 g/mol. The van der Waals surface area contributed by atoms with E-state index in [1.165, 1.54) is 6.92 Å². The molecule has 104 valence electrons. The van der Waals surface area contributed by atoms with Crippen LogP contribution in [-0.4, -0.2) is 17.9 Å². The quantitative estimate of drug-likeness (QED) is 0.791. The van der Waals surface area contributed by atoms with Gasteiger partial charge in [-0.2, -0.15) is 0 Å². The van der Waals surface area contributed by atoms with Crippen molar-refractivity contribution in [2.45, 2.75) is 13.5 Å². The molecule has 0 radical (unpaired) electrons. The molecule has 0 bridgehead atoms. The number of ketones is 1. The molecule has 20 heavy (non-hydrogen) atoms. The summed E-state index contributed by atoms with van der Waals surface area (Å²) in [5.41, 5.74) is 1.18. The maximum atomic E-state index is 11.6. The van der Waals surface area contributed by atoms with Crippen LogP contribution in [-0.2, 0) is 6.61 Å². The van der Waals surface area contributed by atoms with Crippen LogP contribution in [0.4, 0.5) is 0 Å². The maximum absolute atomic E-state index is 11.6. The van der Waals surface area contributed by atoms with Gasteiger partial charge < -0.3 is 9.47 Å². The second kappa shape index (κ2) is 6.39. The minimum absolute atomic E-state index is 0.0962. The van der Waals surface area contributed by atoms with Crippen LogP contribution < -0.4 is 9.47 Å². The number of hydrogen-bond acceptors (Lipinski definition) is 4. The van der Waals surface area contributed by atoms with Gasteiger partial charge in [0.2, 0.25) is 5.88 Å². The third-order valence-electron chi connectivity index (χ3n) is 2.69. The molecule has 1 heterocycles. The average molecular weight is 292 g/mol. The fourth-order valence-electron chi connectivity index (χ4n) is 1.71. The van der Waals surface area contributed by atoms with Gasteiger partial charge in [0.25, 0.3) is 0 Å². The van der Waals surface area contributed by atoms with Crippen LogP contribution in [0, 0.1) is 0 Å². The van der Waals surface area contributed by atoms with E-state index in [4.69, 9.17) is 21.1 Å². The molecule has 5 heteroatoms. The maximum Gasteiger partial charge on any atom is 0.213 e. The van der Waals surface area contributed by atoms with Gasteiger partial charge in [-0.15, -0.1) is 0 Å². The number of halogens is 1. The average Bonchev–Trinajstić information content (AvgIpc) is 2.46. The first kappa shape index (κ1) is 14.3. The molecule has 0 saturated heterocycles. The third-order valence-corrected chi connectivity index (χ3v) is 2.92. The third kappa shape index (κ3) is 3.48. The summed E-state index contributed by atoms with van der Waals surface area (Å²) in [6, 6.07) is 10.4. The summed E-state index contributed by atoms with van der Waals surface area (Å²) in [6.07, 6.45) is 0. The number of hydrogen-bond donors (Lipinski definition) is 0. The summed E-state index contributed by atoms with van der Waals surface area (Å²) in [4.78, 5) is 15.8. The molecule has 2 aromatic rings. The standard InChI is InChI=1S/C15H14ClNO3/c1-10(18)13-8-11(16)6-7-14(13)20-9-12-4-3-5-15(17-12)19-2/h3-8H,9H2,1-2H3. The molecule has 0 amide bonds. The highest BCUT2D eigenvalue weighted by Gasteiger charge is 2.10. The first-order valence-electron chi connectivity index (χ1n) is 6.03. The summed E-state index contributed by atoms with van der Waals surface area (Å²) < 4.78 is 10.7. The van der Waals surface area contributed by atoms with Crippen LogP contribution in [0.1, 0.15) is 23.0 Å². The van der Waals surface area contributed by atoms with Crippen LogP contribution in [0.15, 0.2) is 36.4 Å². The van der Waals surface area contributed by atoms with Gasteiger partial charge in [0.15, 0.2) is 5.78 Å². The Morgan fingerprint density at radius 2 is 2.10 bits per heavy atom. The van der Waals surface area contributed by atoms with Crippen LogP contribution in [0.2, 0.25) is 5.02 Å². The molecular weight excluding hydrogens is 278 g/mol. The number of rotatable bonds is 5. The number of benzene rings is 1. The number of methoxy groups -OCH3 is 1. The van der Waals surface area contributed by atoms with Gasteiger partial charge in [-0.1, -0.05) is 17.7 Å². The zero-order valence-electron chi connectivity index (χ0n) is 11.2. The molecule has 0 atom stereocenters. The van der Waals surface area contributed by atoms with E-state index in [2.05, 4.69) is 4.98 Å². The molecule has 0 aliphatic rings. The number of Topliss-reactive ketones (excluding diaryl/α,β-unsaturated/α-hetero) is 1. The smallest absolute Gasteiger partial charge is 0.213 e. The van der Waals surface area contributed by atoms with E-state index in [1.807, 2.05) is 12.1 Å². The van der Waals surface area contributed by atoms with Crippen molar-refractivity contribution in [2.24, 2.45) is 0 Å². The van der Waals surface area contributed by atoms with Crippen LogP contribution in [0.3, 0.4) is 0 Å². The Hall–Kier alpha value is -2.07. The first-order chi connectivity index (χ1) is 9.60. The van der Waals surface area contributed by atoms with E-state index in [-0.39, 0.29) is 12.4 Å². The van der Waals surface area contributed by atoms with Gasteiger partial charge in [0, 0.05) is 11.1 Å². The summed E-state index contributed by atoms with van der Waals surface area (Å²) in [5, 5.41) is 0.502. The molecule has 0 spiro atoms. The van der Waals surface area contributed by atoms with Crippen molar-refractivity contribution in [2.75, 3.05) is 7.11 Å². The van der Waals surface area contributed by atoms with Crippen molar-refractivity contribution in [3.8, 4) is 11.6 Å². The highest BCUT2D eigenvalue weighted by atomic mass is 35.5. The van der Waals surface area contributed by atoms with Gasteiger partial charge in [0.05, 0.1) is 18.4 Å². The zero-order chi connectivity index (χ0) is 14.5. The van der Waals surface area contributed by atoms with Crippen molar-refractivity contribution in [1.82, 2.24) is 4.98 Å². The van der Waals surface area contributed by atoms with Gasteiger partial charge in [-0.3, -0.25) is 4.79 Å². The van der Waals surface area contributed by atoms with Crippen molar-refractivity contribution in [3.63, 3.8) is 0 Å². The molecule has 0 saturated carbocycles. The lowest BCUT2D eigenvalue weighted by Crippen LogP contribution is -2.03. The Balaban J connectivity index is 2.16. The van der Waals surface area contributed by atoms with E-state index in [0.717, 1.165) is 0 Å². The Morgan fingerprint density at radius 1 is 1.30 bits per heavy atom. The summed E-state index contributed by atoms with van der Waals surface area (Å²) in [5.74, 6) is 0.918. The van der Waals surface area contributed by atoms with Gasteiger partial charge in [0.1, 0.15) is 12.4 Å². The zero-order valence-corrected chi connectivity index (χ0v) is 12.0. The van der Waals surface area contributed by atoms with Gasteiger partial charge in [-0.05, 0) is 31.2 Å². The van der Waals surface area contributed by atoms with Crippen molar-refractivity contribution in [3.05, 3.63) is 52.7 Å². The second-order valence-corrected chi connectivity index (χ2v) is 4.59. The second-order valence-electron chi connectivity index (χ2n) is 4.16. The van der Waals surface area contributed by atoms with Crippen LogP contribution >= 0.6 is 11.6 Å². The highest BCUT2D eigenvalue weighted by Crippen LogP contribution is 2.24. The summed E-state index contributed by atoms with van der Waals surface area (Å²) >= 11 is 5.88. The Kier molecular flexibility index (Phi) is 4.58. The highest BCUT2D eigenvalue weighted by molar-refractivity contribution is 6.31. The Morgan fingerprint density at radius 3 is 2.80 bits per heavy atom. The first-order valence-corrected chi connectivity index (χ1v) is 6.41. The SMILES string of the molecule is COc1cccc(COc2ccc(Cl)cc2C(C)=O)n1. The Labute approximate surface area is 122 Å². The van der Waals surface area contributed by atoms with Crippen molar-refractivity contribution >= 4 is 17.4 Å². The van der Waals surface area contributed by atoms with Crippen LogP contribution in [0.5, 0.6) is 11.6 Å². The molecule has 1 aromatic heterocycles.